The predicted octanol–water partition coefficient (Wildman–Crippen LogP) is 2.61. The minimum atomic E-state index is 0. The van der Waals surface area contributed by atoms with Crippen molar-refractivity contribution in [3.63, 3.8) is 0 Å². The number of hydrogen-bond donors (Lipinski definition) is 1. The average molecular weight is 346 g/mol. The van der Waals surface area contributed by atoms with Gasteiger partial charge in [0.2, 0.25) is 0 Å². The molecule has 0 aliphatic rings. The van der Waals surface area contributed by atoms with Crippen molar-refractivity contribution in [2.75, 3.05) is 35.5 Å². The summed E-state index contributed by atoms with van der Waals surface area (Å²) in [7, 11) is 7.79. The molecule has 0 aromatic heterocycles. The lowest BCUT2D eigenvalue weighted by Crippen LogP contribution is -1.60. The second kappa shape index (κ2) is 91.8. The molecular formula is C11H40O7P2. The first kappa shape index (κ1) is 49.9. The maximum atomic E-state index is 7.00. The van der Waals surface area contributed by atoms with E-state index in [1.165, 1.54) is 12.8 Å². The van der Waals surface area contributed by atoms with E-state index in [4.69, 9.17) is 5.11 Å². The van der Waals surface area contributed by atoms with Crippen molar-refractivity contribution in [2.24, 2.45) is 0 Å². The Morgan fingerprint density at radius 1 is 0.650 bits per heavy atom. The van der Waals surface area contributed by atoms with Gasteiger partial charge in [0, 0.05) is 35.5 Å². The van der Waals surface area contributed by atoms with Crippen LogP contribution in [0.15, 0.2) is 0 Å². The minimum Gasteiger partial charge on any atom is -0.412 e. The van der Waals surface area contributed by atoms with Gasteiger partial charge in [-0.25, -0.2) is 0 Å². The van der Waals surface area contributed by atoms with Crippen molar-refractivity contribution in [3.8, 4) is 0 Å². The molecule has 9 heteroatoms. The van der Waals surface area contributed by atoms with Crippen LogP contribution in [0.1, 0.15) is 41.5 Å². The number of hydrogen-bond acceptors (Lipinski definition) is 5. The quantitative estimate of drug-likeness (QED) is 0.767. The number of unbranched alkanes of at least 4 members (excludes halogenated alkanes) is 1. The summed E-state index contributed by atoms with van der Waals surface area (Å²) in [6.45, 7) is 4.36. The Morgan fingerprint density at radius 2 is 0.800 bits per heavy atom. The third-order valence-corrected chi connectivity index (χ3v) is 1.50. The minimum absolute atomic E-state index is 0. The highest BCUT2D eigenvalue weighted by molar-refractivity contribution is 7.26. The molecule has 0 rings (SSSR count). The van der Waals surface area contributed by atoms with Gasteiger partial charge < -0.3 is 34.2 Å². The summed E-state index contributed by atoms with van der Waals surface area (Å²) in [5.41, 5.74) is 0. The van der Waals surface area contributed by atoms with Crippen molar-refractivity contribution in [3.05, 3.63) is 0 Å². The van der Waals surface area contributed by atoms with Crippen LogP contribution < -0.4 is 0 Å². The van der Waals surface area contributed by atoms with E-state index < -0.39 is 0 Å². The first-order valence-corrected chi connectivity index (χ1v) is 6.44. The molecule has 0 aliphatic heterocycles. The summed E-state index contributed by atoms with van der Waals surface area (Å²) in [6, 6.07) is 0. The monoisotopic (exact) mass is 346 g/mol. The molecule has 136 valence electrons. The van der Waals surface area contributed by atoms with Gasteiger partial charge in [-0.05, 0) is 0 Å². The Bertz CT molecular complexity index is 62.7. The number of aliphatic hydroxyl groups is 1. The SMILES string of the molecule is C.C.CCCC.CO.COPOC.COPOC.O.O. The molecule has 0 fully saturated rings. The Kier molecular flexibility index (Phi) is 229. The molecule has 0 bridgehead atoms. The Labute approximate surface area is 130 Å². The average Bonchev–Trinajstić information content (AvgIpc) is 2.35. The Morgan fingerprint density at radius 3 is 0.800 bits per heavy atom. The lowest BCUT2D eigenvalue weighted by atomic mass is 10.4. The normalized spacial score (nSPS) is 6.00. The fraction of sp³-hybridized carbons (Fsp3) is 1.00. The summed E-state index contributed by atoms with van der Waals surface area (Å²) in [5.74, 6) is 0. The third kappa shape index (κ3) is 184. The highest BCUT2D eigenvalue weighted by atomic mass is 31.1. The van der Waals surface area contributed by atoms with Crippen molar-refractivity contribution in [2.45, 2.75) is 41.5 Å². The summed E-state index contributed by atoms with van der Waals surface area (Å²) in [6.07, 6.45) is 2.64. The maximum Gasteiger partial charge on any atom is 0.154 e. The predicted molar refractivity (Wildman–Crippen MR) is 94.1 cm³/mol. The molecule has 0 heterocycles. The summed E-state index contributed by atoms with van der Waals surface area (Å²) < 4.78 is 18.0. The van der Waals surface area contributed by atoms with Gasteiger partial charge >= 0.3 is 0 Å². The highest BCUT2D eigenvalue weighted by Crippen LogP contribution is 2.06. The van der Waals surface area contributed by atoms with Gasteiger partial charge in [0.1, 0.15) is 0 Å². The molecule has 0 unspecified atom stereocenters. The van der Waals surface area contributed by atoms with Crippen molar-refractivity contribution >= 4 is 18.1 Å². The lowest BCUT2D eigenvalue weighted by molar-refractivity contribution is 0.362. The molecule has 0 spiro atoms. The number of aliphatic hydroxyl groups excluding tert-OH is 1. The van der Waals surface area contributed by atoms with Crippen LogP contribution in [0.5, 0.6) is 0 Å². The van der Waals surface area contributed by atoms with Crippen molar-refractivity contribution < 1.29 is 34.2 Å². The van der Waals surface area contributed by atoms with Gasteiger partial charge in [-0.3, -0.25) is 0 Å². The van der Waals surface area contributed by atoms with Gasteiger partial charge in [0.05, 0.1) is 0 Å². The molecule has 7 nitrogen and oxygen atoms in total. The van der Waals surface area contributed by atoms with Crippen LogP contribution in [0.25, 0.3) is 0 Å². The van der Waals surface area contributed by atoms with Crippen molar-refractivity contribution in [1.82, 2.24) is 0 Å². The van der Waals surface area contributed by atoms with E-state index in [-0.39, 0.29) is 43.9 Å². The zero-order chi connectivity index (χ0) is 13.7. The third-order valence-electron chi connectivity index (χ3n) is 0.833. The van der Waals surface area contributed by atoms with Crippen LogP contribution in [0.3, 0.4) is 0 Å². The topological polar surface area (TPSA) is 120 Å². The molecule has 0 atom stereocenters. The molecule has 0 saturated carbocycles. The van der Waals surface area contributed by atoms with Crippen LogP contribution in [0.4, 0.5) is 0 Å². The molecule has 0 aliphatic carbocycles. The Hall–Kier alpha value is 0.580. The molecule has 0 radical (unpaired) electrons. The van der Waals surface area contributed by atoms with E-state index in [2.05, 4.69) is 31.9 Å². The van der Waals surface area contributed by atoms with E-state index in [0.717, 1.165) is 7.11 Å². The fourth-order valence-electron chi connectivity index (χ4n) is 0.167. The van der Waals surface area contributed by atoms with Crippen LogP contribution in [-0.2, 0) is 18.1 Å². The zero-order valence-corrected chi connectivity index (χ0v) is 14.5. The van der Waals surface area contributed by atoms with Gasteiger partial charge in [0.25, 0.3) is 0 Å². The second-order valence-electron chi connectivity index (χ2n) is 1.98. The van der Waals surface area contributed by atoms with Gasteiger partial charge in [0.15, 0.2) is 18.1 Å². The standard InChI is InChI=1S/C4H10.2C2H7O2P.CH4O.2CH4.2H2O/c1-3-4-2;2*1-3-5-4-2;1-2;;;;/h3-4H2,1-2H3;2*5H,1-2H3;2H,1H3;2*1H4;2*1H2. The maximum absolute atomic E-state index is 7.00. The number of rotatable bonds is 5. The van der Waals surface area contributed by atoms with Crippen molar-refractivity contribution in [1.29, 1.82) is 0 Å². The first-order chi connectivity index (χ1) is 7.74. The van der Waals surface area contributed by atoms with Gasteiger partial charge in [-0.2, -0.15) is 0 Å². The van der Waals surface area contributed by atoms with Gasteiger partial charge in [-0.1, -0.05) is 41.5 Å². The smallest absolute Gasteiger partial charge is 0.154 e. The molecular weight excluding hydrogens is 306 g/mol. The molecule has 5 N–H and O–H groups in total. The molecule has 0 saturated heterocycles. The van der Waals surface area contributed by atoms with Gasteiger partial charge in [-0.15, -0.1) is 0 Å². The zero-order valence-electron chi connectivity index (χ0n) is 12.5. The summed E-state index contributed by atoms with van der Waals surface area (Å²) >= 11 is 0. The van der Waals surface area contributed by atoms with E-state index in [1.54, 1.807) is 28.4 Å². The van der Waals surface area contributed by atoms with Crippen LogP contribution in [0, 0.1) is 0 Å². The fourth-order valence-corrected chi connectivity index (χ4v) is 0.500. The second-order valence-corrected chi connectivity index (χ2v) is 3.95. The van der Waals surface area contributed by atoms with E-state index in [1.807, 2.05) is 0 Å². The van der Waals surface area contributed by atoms with E-state index >= 15 is 0 Å². The lowest BCUT2D eigenvalue weighted by Gasteiger charge is -1.86. The molecule has 0 amide bonds. The highest BCUT2D eigenvalue weighted by Gasteiger charge is 1.64. The Balaban J connectivity index is -0.0000000155. The molecule has 0 aromatic carbocycles. The van der Waals surface area contributed by atoms with Crippen LogP contribution in [-0.4, -0.2) is 51.6 Å². The van der Waals surface area contributed by atoms with Crippen LogP contribution in [0.2, 0.25) is 0 Å². The van der Waals surface area contributed by atoms with E-state index in [0.29, 0.717) is 0 Å². The molecule has 20 heavy (non-hydrogen) atoms. The van der Waals surface area contributed by atoms with Crippen LogP contribution >= 0.6 is 18.1 Å². The van der Waals surface area contributed by atoms with E-state index in [9.17, 15) is 0 Å². The largest absolute Gasteiger partial charge is 0.412 e. The first-order valence-electron chi connectivity index (χ1n) is 4.81. The summed E-state index contributed by atoms with van der Waals surface area (Å²) in [5, 5.41) is 7.00. The summed E-state index contributed by atoms with van der Waals surface area (Å²) in [4.78, 5) is 0. The molecule has 0 aromatic rings.